The molecule has 0 aliphatic carbocycles. The fourth-order valence-corrected chi connectivity index (χ4v) is 3.20. The summed E-state index contributed by atoms with van der Waals surface area (Å²) in [6, 6.07) is 11.8. The average molecular weight is 433 g/mol. The summed E-state index contributed by atoms with van der Waals surface area (Å²) in [7, 11) is 0. The molecule has 2 amide bonds. The molecule has 148 valence electrons. The molecule has 0 unspecified atom stereocenters. The van der Waals surface area contributed by atoms with Crippen LogP contribution in [0.15, 0.2) is 54.7 Å². The molecule has 6 nitrogen and oxygen atoms in total. The van der Waals surface area contributed by atoms with Crippen LogP contribution in [-0.4, -0.2) is 22.0 Å². The SMILES string of the molecule is CC(=O)N(c1ccc(F)cc1)c1cc(NC(=O)Cc2c(Cl)cccc2Cl)cnn1. The van der Waals surface area contributed by atoms with Gasteiger partial charge in [-0.1, -0.05) is 29.3 Å². The molecule has 0 spiro atoms. The fourth-order valence-electron chi connectivity index (χ4n) is 2.67. The third kappa shape index (κ3) is 5.07. The predicted molar refractivity (Wildman–Crippen MR) is 110 cm³/mol. The van der Waals surface area contributed by atoms with E-state index in [1.54, 1.807) is 18.2 Å². The zero-order valence-corrected chi connectivity index (χ0v) is 16.7. The van der Waals surface area contributed by atoms with Crippen LogP contribution < -0.4 is 10.2 Å². The van der Waals surface area contributed by atoms with Crippen molar-refractivity contribution in [3.05, 3.63) is 76.2 Å². The van der Waals surface area contributed by atoms with Gasteiger partial charge >= 0.3 is 0 Å². The van der Waals surface area contributed by atoms with E-state index in [0.29, 0.717) is 27.0 Å². The zero-order valence-electron chi connectivity index (χ0n) is 15.2. The minimum absolute atomic E-state index is 0.0372. The van der Waals surface area contributed by atoms with Gasteiger partial charge in [-0.05, 0) is 42.0 Å². The first kappa shape index (κ1) is 20.7. The normalized spacial score (nSPS) is 10.5. The van der Waals surface area contributed by atoms with Crippen LogP contribution in [0.3, 0.4) is 0 Å². The highest BCUT2D eigenvalue weighted by molar-refractivity contribution is 6.36. The van der Waals surface area contributed by atoms with Gasteiger partial charge in [-0.2, -0.15) is 5.10 Å². The maximum atomic E-state index is 13.2. The van der Waals surface area contributed by atoms with Gasteiger partial charge < -0.3 is 5.32 Å². The van der Waals surface area contributed by atoms with Crippen LogP contribution in [0.2, 0.25) is 10.0 Å². The van der Waals surface area contributed by atoms with E-state index >= 15 is 0 Å². The lowest BCUT2D eigenvalue weighted by Gasteiger charge is -2.20. The van der Waals surface area contributed by atoms with E-state index < -0.39 is 5.82 Å². The van der Waals surface area contributed by atoms with Crippen molar-refractivity contribution in [2.75, 3.05) is 10.2 Å². The highest BCUT2D eigenvalue weighted by atomic mass is 35.5. The van der Waals surface area contributed by atoms with Crippen molar-refractivity contribution >= 4 is 52.2 Å². The van der Waals surface area contributed by atoms with E-state index in [2.05, 4.69) is 15.5 Å². The summed E-state index contributed by atoms with van der Waals surface area (Å²) in [4.78, 5) is 25.8. The Morgan fingerprint density at radius 2 is 1.76 bits per heavy atom. The molecule has 0 saturated heterocycles. The van der Waals surface area contributed by atoms with E-state index in [4.69, 9.17) is 23.2 Å². The Balaban J connectivity index is 1.82. The molecule has 9 heteroatoms. The van der Waals surface area contributed by atoms with Crippen molar-refractivity contribution < 1.29 is 14.0 Å². The summed E-state index contributed by atoms with van der Waals surface area (Å²) >= 11 is 12.2. The van der Waals surface area contributed by atoms with Gasteiger partial charge in [-0.25, -0.2) is 4.39 Å². The third-order valence-electron chi connectivity index (χ3n) is 3.95. The predicted octanol–water partition coefficient (Wildman–Crippen LogP) is 4.79. The Hall–Kier alpha value is -3.03. The first-order valence-corrected chi connectivity index (χ1v) is 9.22. The van der Waals surface area contributed by atoms with Gasteiger partial charge in [-0.15, -0.1) is 5.10 Å². The molecule has 0 radical (unpaired) electrons. The highest BCUT2D eigenvalue weighted by Gasteiger charge is 2.18. The van der Waals surface area contributed by atoms with Gasteiger partial charge in [0.25, 0.3) is 0 Å². The second-order valence-corrected chi connectivity index (χ2v) is 6.87. The summed E-state index contributed by atoms with van der Waals surface area (Å²) in [5, 5.41) is 11.2. The number of nitrogens with one attached hydrogen (secondary N) is 1. The number of amides is 2. The maximum Gasteiger partial charge on any atom is 0.229 e. The highest BCUT2D eigenvalue weighted by Crippen LogP contribution is 2.27. The first-order chi connectivity index (χ1) is 13.8. The van der Waals surface area contributed by atoms with E-state index in [0.717, 1.165) is 0 Å². The number of benzene rings is 2. The molecule has 29 heavy (non-hydrogen) atoms. The minimum atomic E-state index is -0.428. The van der Waals surface area contributed by atoms with E-state index in [-0.39, 0.29) is 24.1 Å². The quantitative estimate of drug-likeness (QED) is 0.628. The average Bonchev–Trinajstić information content (AvgIpc) is 2.67. The number of nitrogens with zero attached hydrogens (tertiary/aromatic N) is 3. The molecule has 0 fully saturated rings. The molecule has 0 aliphatic heterocycles. The molecule has 3 aromatic rings. The van der Waals surface area contributed by atoms with Gasteiger partial charge in [0, 0.05) is 23.0 Å². The van der Waals surface area contributed by atoms with Crippen molar-refractivity contribution in [1.82, 2.24) is 10.2 Å². The molecule has 0 aliphatic rings. The van der Waals surface area contributed by atoms with Crippen LogP contribution in [-0.2, 0) is 16.0 Å². The number of rotatable bonds is 5. The number of halogens is 3. The molecule has 0 bridgehead atoms. The summed E-state index contributed by atoms with van der Waals surface area (Å²) in [5.74, 6) is -0.965. The van der Waals surface area contributed by atoms with Crippen molar-refractivity contribution in [3.63, 3.8) is 0 Å². The number of hydrogen-bond donors (Lipinski definition) is 1. The van der Waals surface area contributed by atoms with Crippen molar-refractivity contribution in [1.29, 1.82) is 0 Å². The summed E-state index contributed by atoms with van der Waals surface area (Å²) in [5.41, 5.74) is 1.25. The Morgan fingerprint density at radius 3 is 2.38 bits per heavy atom. The second kappa shape index (κ2) is 8.98. The van der Waals surface area contributed by atoms with Crippen LogP contribution in [0, 0.1) is 5.82 Å². The fraction of sp³-hybridized carbons (Fsp3) is 0.100. The largest absolute Gasteiger partial charge is 0.324 e. The van der Waals surface area contributed by atoms with Gasteiger partial charge in [0.15, 0.2) is 5.82 Å². The smallest absolute Gasteiger partial charge is 0.229 e. The second-order valence-electron chi connectivity index (χ2n) is 6.06. The molecular formula is C20H15Cl2FN4O2. The number of anilines is 3. The summed E-state index contributed by atoms with van der Waals surface area (Å²) in [6.45, 7) is 1.34. The van der Waals surface area contributed by atoms with Crippen LogP contribution in [0.5, 0.6) is 0 Å². The Labute approximate surface area is 176 Å². The maximum absolute atomic E-state index is 13.2. The van der Waals surface area contributed by atoms with Gasteiger partial charge in [0.05, 0.1) is 24.0 Å². The van der Waals surface area contributed by atoms with Crippen molar-refractivity contribution in [2.24, 2.45) is 0 Å². The lowest BCUT2D eigenvalue weighted by Crippen LogP contribution is -2.24. The number of carbonyl (C=O) groups is 2. The van der Waals surface area contributed by atoms with Crippen LogP contribution in [0.25, 0.3) is 0 Å². The van der Waals surface area contributed by atoms with Crippen molar-refractivity contribution in [2.45, 2.75) is 13.3 Å². The lowest BCUT2D eigenvalue weighted by molar-refractivity contribution is -0.116. The van der Waals surface area contributed by atoms with Crippen molar-refractivity contribution in [3.8, 4) is 0 Å². The summed E-state index contributed by atoms with van der Waals surface area (Å²) < 4.78 is 13.2. The zero-order chi connectivity index (χ0) is 21.0. The van der Waals surface area contributed by atoms with Crippen LogP contribution >= 0.6 is 23.2 Å². The van der Waals surface area contributed by atoms with E-state index in [1.807, 2.05) is 0 Å². The lowest BCUT2D eigenvalue weighted by atomic mass is 10.1. The number of hydrogen-bond acceptors (Lipinski definition) is 4. The van der Waals surface area contributed by atoms with Crippen LogP contribution in [0.1, 0.15) is 12.5 Å². The van der Waals surface area contributed by atoms with Gasteiger partial charge in [0.2, 0.25) is 11.8 Å². The Kier molecular flexibility index (Phi) is 6.41. The topological polar surface area (TPSA) is 75.2 Å². The minimum Gasteiger partial charge on any atom is -0.324 e. The molecule has 1 N–H and O–H groups in total. The van der Waals surface area contributed by atoms with Gasteiger partial charge in [-0.3, -0.25) is 14.5 Å². The molecule has 0 atom stereocenters. The first-order valence-electron chi connectivity index (χ1n) is 8.47. The monoisotopic (exact) mass is 432 g/mol. The molecule has 0 saturated carbocycles. The molecule has 2 aromatic carbocycles. The molecule has 1 heterocycles. The molecule has 3 rings (SSSR count). The van der Waals surface area contributed by atoms with Gasteiger partial charge in [0.1, 0.15) is 5.82 Å². The van der Waals surface area contributed by atoms with E-state index in [9.17, 15) is 14.0 Å². The summed E-state index contributed by atoms with van der Waals surface area (Å²) in [6.07, 6.45) is 1.31. The Morgan fingerprint density at radius 1 is 1.10 bits per heavy atom. The number of carbonyl (C=O) groups excluding carboxylic acids is 2. The molecule has 1 aromatic heterocycles. The van der Waals surface area contributed by atoms with Crippen LogP contribution in [0.4, 0.5) is 21.6 Å². The standard InChI is InChI=1S/C20H15Cl2FN4O2/c1-12(28)27(15-7-5-13(23)6-8-15)19-9-14(11-24-26-19)25-20(29)10-16-17(21)3-2-4-18(16)22/h2-9,11H,10H2,1H3,(H,25,26,29). The van der Waals surface area contributed by atoms with E-state index in [1.165, 1.54) is 48.4 Å². The number of aromatic nitrogens is 2. The third-order valence-corrected chi connectivity index (χ3v) is 4.66. The Bertz CT molecular complexity index is 1040. The molecular weight excluding hydrogens is 418 g/mol.